The number of benzene rings is 1. The molecule has 0 amide bonds. The van der Waals surface area contributed by atoms with Gasteiger partial charge < -0.3 is 10.1 Å². The van der Waals surface area contributed by atoms with Crippen molar-refractivity contribution in [2.45, 2.75) is 57.3 Å². The van der Waals surface area contributed by atoms with Crippen LogP contribution in [-0.2, 0) is 10.3 Å². The average molecular weight is 288 g/mol. The molecule has 2 saturated heterocycles. The average Bonchev–Trinajstić information content (AvgIpc) is 2.94. The fourth-order valence-corrected chi connectivity index (χ4v) is 3.93. The molecule has 1 aromatic carbocycles. The van der Waals surface area contributed by atoms with Gasteiger partial charge >= 0.3 is 0 Å². The van der Waals surface area contributed by atoms with Crippen molar-refractivity contribution in [2.75, 3.05) is 19.7 Å². The molecule has 2 aliphatic heterocycles. The Morgan fingerprint density at radius 2 is 2.10 bits per heavy atom. The van der Waals surface area contributed by atoms with Crippen molar-refractivity contribution in [3.05, 3.63) is 35.9 Å². The lowest BCUT2D eigenvalue weighted by Crippen LogP contribution is -2.64. The van der Waals surface area contributed by atoms with Gasteiger partial charge in [0.05, 0.1) is 11.6 Å². The van der Waals surface area contributed by atoms with Gasteiger partial charge in [0, 0.05) is 31.8 Å². The summed E-state index contributed by atoms with van der Waals surface area (Å²) >= 11 is 0. The molecule has 3 heteroatoms. The molecule has 3 rings (SSSR count). The summed E-state index contributed by atoms with van der Waals surface area (Å²) in [5.41, 5.74) is 1.42. The van der Waals surface area contributed by atoms with E-state index in [4.69, 9.17) is 4.74 Å². The van der Waals surface area contributed by atoms with Crippen molar-refractivity contribution in [3.63, 3.8) is 0 Å². The van der Waals surface area contributed by atoms with Crippen LogP contribution in [0.15, 0.2) is 30.3 Å². The number of ether oxygens (including phenoxy) is 1. The monoisotopic (exact) mass is 288 g/mol. The third kappa shape index (κ3) is 2.87. The summed E-state index contributed by atoms with van der Waals surface area (Å²) in [5, 5.41) is 3.80. The summed E-state index contributed by atoms with van der Waals surface area (Å²) in [7, 11) is 0. The lowest BCUT2D eigenvalue weighted by atomic mass is 9.86. The van der Waals surface area contributed by atoms with E-state index in [0.717, 1.165) is 19.7 Å². The molecule has 4 atom stereocenters. The molecular weight excluding hydrogens is 260 g/mol. The third-order valence-electron chi connectivity index (χ3n) is 5.34. The van der Waals surface area contributed by atoms with E-state index in [1.807, 2.05) is 0 Å². The summed E-state index contributed by atoms with van der Waals surface area (Å²) < 4.78 is 5.82. The summed E-state index contributed by atoms with van der Waals surface area (Å²) in [5.74, 6) is 0. The van der Waals surface area contributed by atoms with Gasteiger partial charge in [-0.2, -0.15) is 0 Å². The van der Waals surface area contributed by atoms with E-state index >= 15 is 0 Å². The summed E-state index contributed by atoms with van der Waals surface area (Å²) in [6.45, 7) is 9.90. The first kappa shape index (κ1) is 15.0. The minimum absolute atomic E-state index is 0.0369. The van der Waals surface area contributed by atoms with E-state index in [-0.39, 0.29) is 5.54 Å². The molecule has 1 aromatic rings. The minimum atomic E-state index is 0.0369. The van der Waals surface area contributed by atoms with Crippen molar-refractivity contribution in [1.29, 1.82) is 0 Å². The Balaban J connectivity index is 1.84. The van der Waals surface area contributed by atoms with E-state index < -0.39 is 0 Å². The largest absolute Gasteiger partial charge is 0.377 e. The van der Waals surface area contributed by atoms with Crippen LogP contribution in [0.3, 0.4) is 0 Å². The van der Waals surface area contributed by atoms with Gasteiger partial charge in [-0.05, 0) is 32.3 Å². The van der Waals surface area contributed by atoms with Crippen molar-refractivity contribution in [2.24, 2.45) is 0 Å². The van der Waals surface area contributed by atoms with Crippen molar-refractivity contribution >= 4 is 0 Å². The predicted octanol–water partition coefficient (Wildman–Crippen LogP) is 2.76. The van der Waals surface area contributed by atoms with Crippen LogP contribution in [-0.4, -0.2) is 42.8 Å². The Morgan fingerprint density at radius 3 is 2.71 bits per heavy atom. The zero-order valence-electron chi connectivity index (χ0n) is 13.5. The van der Waals surface area contributed by atoms with Gasteiger partial charge in [-0.1, -0.05) is 37.3 Å². The second-order valence-electron chi connectivity index (χ2n) is 6.75. The van der Waals surface area contributed by atoms with Gasteiger partial charge in [0.15, 0.2) is 0 Å². The second kappa shape index (κ2) is 6.07. The van der Waals surface area contributed by atoms with Gasteiger partial charge in [0.2, 0.25) is 0 Å². The van der Waals surface area contributed by atoms with Crippen molar-refractivity contribution in [1.82, 2.24) is 10.2 Å². The van der Waals surface area contributed by atoms with E-state index in [1.54, 1.807) is 0 Å². The van der Waals surface area contributed by atoms with E-state index in [2.05, 4.69) is 61.3 Å². The molecule has 1 N–H and O–H groups in total. The maximum atomic E-state index is 5.82. The molecule has 0 aliphatic carbocycles. The molecule has 2 aliphatic rings. The molecule has 0 bridgehead atoms. The molecule has 0 saturated carbocycles. The maximum absolute atomic E-state index is 5.82. The lowest BCUT2D eigenvalue weighted by molar-refractivity contribution is 0.00973. The van der Waals surface area contributed by atoms with Crippen molar-refractivity contribution < 1.29 is 4.74 Å². The Labute approximate surface area is 128 Å². The zero-order valence-corrected chi connectivity index (χ0v) is 13.5. The fraction of sp³-hybridized carbons (Fsp3) is 0.667. The highest BCUT2D eigenvalue weighted by molar-refractivity contribution is 5.25. The van der Waals surface area contributed by atoms with Gasteiger partial charge in [-0.25, -0.2) is 0 Å². The molecule has 21 heavy (non-hydrogen) atoms. The van der Waals surface area contributed by atoms with Gasteiger partial charge in [-0.3, -0.25) is 4.90 Å². The summed E-state index contributed by atoms with van der Waals surface area (Å²) in [6.07, 6.45) is 2.72. The fourth-order valence-electron chi connectivity index (χ4n) is 3.93. The molecule has 4 unspecified atom stereocenters. The number of hydrogen-bond donors (Lipinski definition) is 1. The standard InChI is InChI=1S/C18H28N2O/c1-4-16-12-19-18(3,15-8-6-5-7-9-15)13-20(16)17-10-11-21-14(17)2/h5-9,14,16-17,19H,4,10-13H2,1-3H3. The van der Waals surface area contributed by atoms with Crippen LogP contribution in [0.2, 0.25) is 0 Å². The number of nitrogens with zero attached hydrogens (tertiary/aromatic N) is 1. The Hall–Kier alpha value is -0.900. The first-order valence-corrected chi connectivity index (χ1v) is 8.32. The van der Waals surface area contributed by atoms with Crippen LogP contribution in [0.1, 0.15) is 39.2 Å². The first-order chi connectivity index (χ1) is 10.1. The minimum Gasteiger partial charge on any atom is -0.377 e. The molecule has 0 spiro atoms. The molecule has 0 radical (unpaired) electrons. The van der Waals surface area contributed by atoms with Gasteiger partial charge in [-0.15, -0.1) is 0 Å². The van der Waals surface area contributed by atoms with Crippen LogP contribution >= 0.6 is 0 Å². The third-order valence-corrected chi connectivity index (χ3v) is 5.34. The highest BCUT2D eigenvalue weighted by atomic mass is 16.5. The normalized spacial score (nSPS) is 37.8. The van der Waals surface area contributed by atoms with Crippen LogP contribution < -0.4 is 5.32 Å². The van der Waals surface area contributed by atoms with Gasteiger partial charge in [0.1, 0.15) is 0 Å². The Morgan fingerprint density at radius 1 is 1.33 bits per heavy atom. The zero-order chi connectivity index (χ0) is 14.9. The molecule has 0 aromatic heterocycles. The predicted molar refractivity (Wildman–Crippen MR) is 86.4 cm³/mol. The van der Waals surface area contributed by atoms with Crippen LogP contribution in [0.5, 0.6) is 0 Å². The molecule has 3 nitrogen and oxygen atoms in total. The number of nitrogens with one attached hydrogen (secondary N) is 1. The lowest BCUT2D eigenvalue weighted by Gasteiger charge is -2.49. The second-order valence-corrected chi connectivity index (χ2v) is 6.75. The summed E-state index contributed by atoms with van der Waals surface area (Å²) in [4.78, 5) is 2.71. The van der Waals surface area contributed by atoms with Crippen LogP contribution in [0, 0.1) is 0 Å². The van der Waals surface area contributed by atoms with E-state index in [1.165, 1.54) is 18.4 Å². The SMILES string of the molecule is CCC1CNC(C)(c2ccccc2)CN1C1CCOC1C. The first-order valence-electron chi connectivity index (χ1n) is 8.32. The van der Waals surface area contributed by atoms with E-state index in [9.17, 15) is 0 Å². The highest BCUT2D eigenvalue weighted by Crippen LogP contribution is 2.32. The van der Waals surface area contributed by atoms with Crippen LogP contribution in [0.4, 0.5) is 0 Å². The topological polar surface area (TPSA) is 24.5 Å². The van der Waals surface area contributed by atoms with E-state index in [0.29, 0.717) is 18.2 Å². The number of hydrogen-bond acceptors (Lipinski definition) is 3. The Kier molecular flexibility index (Phi) is 4.34. The summed E-state index contributed by atoms with van der Waals surface area (Å²) in [6, 6.07) is 12.0. The molecular formula is C18H28N2O. The smallest absolute Gasteiger partial charge is 0.0703 e. The van der Waals surface area contributed by atoms with Gasteiger partial charge in [0.25, 0.3) is 0 Å². The van der Waals surface area contributed by atoms with Crippen molar-refractivity contribution in [3.8, 4) is 0 Å². The Bertz CT molecular complexity index is 464. The molecule has 2 fully saturated rings. The number of piperazine rings is 1. The highest BCUT2D eigenvalue weighted by Gasteiger charge is 2.42. The molecule has 2 heterocycles. The molecule has 116 valence electrons. The maximum Gasteiger partial charge on any atom is 0.0703 e. The quantitative estimate of drug-likeness (QED) is 0.925. The van der Waals surface area contributed by atoms with Crippen LogP contribution in [0.25, 0.3) is 0 Å². The number of rotatable bonds is 3.